The van der Waals surface area contributed by atoms with E-state index < -0.39 is 10.1 Å². The Balaban J connectivity index is 1.25. The summed E-state index contributed by atoms with van der Waals surface area (Å²) in [6, 6.07) is 7.15. The second kappa shape index (κ2) is 6.70. The molecule has 1 aromatic carbocycles. The highest BCUT2D eigenvalue weighted by molar-refractivity contribution is 7.86. The first-order valence-electron chi connectivity index (χ1n) is 12.7. The van der Waals surface area contributed by atoms with Crippen LogP contribution in [0.15, 0.2) is 40.3 Å². The van der Waals surface area contributed by atoms with Crippen LogP contribution >= 0.6 is 0 Å². The Hall–Kier alpha value is -1.13. The van der Waals surface area contributed by atoms with Crippen molar-refractivity contribution in [3.8, 4) is 0 Å². The molecule has 0 spiro atoms. The van der Waals surface area contributed by atoms with Gasteiger partial charge in [0.05, 0.1) is 11.0 Å². The number of hydrogen-bond donors (Lipinski definition) is 0. The molecule has 0 heterocycles. The average Bonchev–Trinajstić information content (AvgIpc) is 2.71. The molecule has 8 fully saturated rings. The standard InChI is InChI=1S/C27H34O3S/c1-15-2-4-23(5-3-15)31(28,29)30-27-22-12-18-11-21(14-22)26(24(27)13-18)25-19-7-16-6-17(9-19)10-20(25)8-16/h2-5,16-22,24,27H,6-14H2,1H3/t16?,17?,18-,19?,20?,21+,22-,24+,27?/m0/s1. The van der Waals surface area contributed by atoms with Crippen LogP contribution in [0.2, 0.25) is 0 Å². The number of benzene rings is 1. The van der Waals surface area contributed by atoms with Gasteiger partial charge in [0.15, 0.2) is 0 Å². The third-order valence-corrected chi connectivity index (χ3v) is 11.4. The van der Waals surface area contributed by atoms with Gasteiger partial charge in [-0.25, -0.2) is 0 Å². The van der Waals surface area contributed by atoms with Gasteiger partial charge in [0.2, 0.25) is 0 Å². The normalized spacial score (nSPS) is 45.0. The fourth-order valence-electron chi connectivity index (χ4n) is 9.29. The maximum absolute atomic E-state index is 13.2. The zero-order valence-corrected chi connectivity index (χ0v) is 19.3. The SMILES string of the molecule is Cc1ccc(S(=O)(=O)OC2[C@H]3C[C@@H]4C[C@H](C3)C(=C3C5CC6CC(C5)CC3C6)[C@H]2C4)cc1. The summed E-state index contributed by atoms with van der Waals surface area (Å²) in [7, 11) is -3.72. The number of hydrogen-bond acceptors (Lipinski definition) is 3. The lowest BCUT2D eigenvalue weighted by Crippen LogP contribution is -2.53. The molecule has 5 atom stereocenters. The van der Waals surface area contributed by atoms with Gasteiger partial charge in [0, 0.05) is 5.92 Å². The molecule has 1 unspecified atom stereocenters. The summed E-state index contributed by atoms with van der Waals surface area (Å²) in [5, 5.41) is 0. The van der Waals surface area contributed by atoms with Crippen LogP contribution in [-0.2, 0) is 14.3 Å². The zero-order valence-electron chi connectivity index (χ0n) is 18.5. The molecule has 9 rings (SSSR count). The largest absolute Gasteiger partial charge is 0.297 e. The first kappa shape index (κ1) is 19.3. The van der Waals surface area contributed by atoms with E-state index in [0.29, 0.717) is 16.7 Å². The van der Waals surface area contributed by atoms with Crippen molar-refractivity contribution in [1.29, 1.82) is 0 Å². The summed E-state index contributed by atoms with van der Waals surface area (Å²) >= 11 is 0. The van der Waals surface area contributed by atoms with Crippen LogP contribution in [0.5, 0.6) is 0 Å². The van der Waals surface area contributed by atoms with Crippen LogP contribution < -0.4 is 0 Å². The van der Waals surface area contributed by atoms with Crippen molar-refractivity contribution in [3.63, 3.8) is 0 Å². The Morgan fingerprint density at radius 3 is 1.94 bits per heavy atom. The second-order valence-electron chi connectivity index (χ2n) is 11.9. The molecule has 4 heteroatoms. The van der Waals surface area contributed by atoms with Crippen molar-refractivity contribution in [2.75, 3.05) is 0 Å². The molecule has 166 valence electrons. The van der Waals surface area contributed by atoms with Gasteiger partial charge >= 0.3 is 0 Å². The van der Waals surface area contributed by atoms with Crippen LogP contribution in [-0.4, -0.2) is 14.5 Å². The van der Waals surface area contributed by atoms with E-state index in [1.165, 1.54) is 44.9 Å². The first-order valence-corrected chi connectivity index (χ1v) is 14.1. The van der Waals surface area contributed by atoms with Crippen LogP contribution in [0.3, 0.4) is 0 Å². The van der Waals surface area contributed by atoms with Crippen LogP contribution in [0.25, 0.3) is 0 Å². The minimum atomic E-state index is -3.72. The molecule has 8 aliphatic carbocycles. The minimum absolute atomic E-state index is 0.140. The van der Waals surface area contributed by atoms with Gasteiger partial charge in [0.25, 0.3) is 10.1 Å². The van der Waals surface area contributed by atoms with E-state index in [1.807, 2.05) is 24.6 Å². The van der Waals surface area contributed by atoms with Crippen molar-refractivity contribution < 1.29 is 12.6 Å². The van der Waals surface area contributed by atoms with Gasteiger partial charge in [-0.2, -0.15) is 8.42 Å². The molecule has 0 amide bonds. The van der Waals surface area contributed by atoms with Gasteiger partial charge in [0.1, 0.15) is 0 Å². The highest BCUT2D eigenvalue weighted by Crippen LogP contribution is 2.64. The van der Waals surface area contributed by atoms with Crippen LogP contribution in [0.4, 0.5) is 0 Å². The molecule has 8 bridgehead atoms. The predicted octanol–water partition coefficient (Wildman–Crippen LogP) is 5.89. The Morgan fingerprint density at radius 2 is 1.29 bits per heavy atom. The molecule has 31 heavy (non-hydrogen) atoms. The number of allylic oxidation sites excluding steroid dienone is 1. The van der Waals surface area contributed by atoms with Crippen molar-refractivity contribution in [2.24, 2.45) is 47.3 Å². The third kappa shape index (κ3) is 2.96. The number of aryl methyl sites for hydroxylation is 1. The highest BCUT2D eigenvalue weighted by Gasteiger charge is 2.56. The molecular weight excluding hydrogens is 404 g/mol. The van der Waals surface area contributed by atoms with Crippen molar-refractivity contribution in [1.82, 2.24) is 0 Å². The molecule has 0 N–H and O–H groups in total. The summed E-state index contributed by atoms with van der Waals surface area (Å²) in [6.45, 7) is 1.98. The third-order valence-electron chi connectivity index (χ3n) is 10.0. The van der Waals surface area contributed by atoms with E-state index in [0.717, 1.165) is 53.9 Å². The summed E-state index contributed by atoms with van der Waals surface area (Å²) in [6.07, 6.45) is 11.8. The fourth-order valence-corrected chi connectivity index (χ4v) is 10.5. The van der Waals surface area contributed by atoms with Crippen molar-refractivity contribution in [2.45, 2.75) is 75.7 Å². The van der Waals surface area contributed by atoms with Gasteiger partial charge in [-0.1, -0.05) is 28.8 Å². The summed E-state index contributed by atoms with van der Waals surface area (Å²) < 4.78 is 32.6. The molecule has 8 saturated carbocycles. The molecule has 0 saturated heterocycles. The summed E-state index contributed by atoms with van der Waals surface area (Å²) in [4.78, 5) is 0.315. The lowest BCUT2D eigenvalue weighted by molar-refractivity contribution is -0.0454. The minimum Gasteiger partial charge on any atom is -0.262 e. The second-order valence-corrected chi connectivity index (χ2v) is 13.5. The van der Waals surface area contributed by atoms with E-state index in [2.05, 4.69) is 0 Å². The van der Waals surface area contributed by atoms with E-state index in [-0.39, 0.29) is 6.10 Å². The van der Waals surface area contributed by atoms with E-state index >= 15 is 0 Å². The van der Waals surface area contributed by atoms with E-state index in [4.69, 9.17) is 4.18 Å². The van der Waals surface area contributed by atoms with Crippen molar-refractivity contribution in [3.05, 3.63) is 41.0 Å². The fraction of sp³-hybridized carbons (Fsp3) is 0.704. The van der Waals surface area contributed by atoms with Gasteiger partial charge in [-0.05, 0) is 118 Å². The molecule has 0 radical (unpaired) electrons. The predicted molar refractivity (Wildman–Crippen MR) is 120 cm³/mol. The maximum Gasteiger partial charge on any atom is 0.297 e. The van der Waals surface area contributed by atoms with E-state index in [1.54, 1.807) is 17.7 Å². The Labute approximate surface area is 186 Å². The number of rotatable bonds is 3. The van der Waals surface area contributed by atoms with Crippen molar-refractivity contribution >= 4 is 10.1 Å². The molecule has 1 aromatic rings. The molecule has 0 aromatic heterocycles. The quantitative estimate of drug-likeness (QED) is 0.437. The topological polar surface area (TPSA) is 43.4 Å². The molecular formula is C27H34O3S. The van der Waals surface area contributed by atoms with Crippen LogP contribution in [0.1, 0.15) is 63.4 Å². The monoisotopic (exact) mass is 438 g/mol. The Bertz CT molecular complexity index is 1010. The lowest BCUT2D eigenvalue weighted by atomic mass is 9.47. The molecule has 0 aliphatic heterocycles. The highest BCUT2D eigenvalue weighted by atomic mass is 32.2. The van der Waals surface area contributed by atoms with E-state index in [9.17, 15) is 8.42 Å². The zero-order chi connectivity index (χ0) is 20.9. The Kier molecular flexibility index (Phi) is 4.18. The first-order chi connectivity index (χ1) is 14.9. The summed E-state index contributed by atoms with van der Waals surface area (Å²) in [5.41, 5.74) is 4.61. The average molecular weight is 439 g/mol. The van der Waals surface area contributed by atoms with Crippen LogP contribution in [0, 0.1) is 54.3 Å². The Morgan fingerprint density at radius 1 is 0.710 bits per heavy atom. The smallest absolute Gasteiger partial charge is 0.262 e. The van der Waals surface area contributed by atoms with Gasteiger partial charge in [-0.15, -0.1) is 0 Å². The van der Waals surface area contributed by atoms with Gasteiger partial charge < -0.3 is 0 Å². The maximum atomic E-state index is 13.2. The lowest BCUT2D eigenvalue weighted by Gasteiger charge is -2.59. The molecule has 8 aliphatic rings. The molecule has 3 nitrogen and oxygen atoms in total. The van der Waals surface area contributed by atoms with Gasteiger partial charge in [-0.3, -0.25) is 4.18 Å². The summed E-state index contributed by atoms with van der Waals surface area (Å²) in [5.74, 6) is 5.83.